The molecule has 0 saturated heterocycles. The zero-order valence-corrected chi connectivity index (χ0v) is 12.1. The highest BCUT2D eigenvalue weighted by Crippen LogP contribution is 2.19. The Morgan fingerprint density at radius 1 is 1.06 bits per heavy atom. The van der Waals surface area contributed by atoms with Crippen molar-refractivity contribution in [3.05, 3.63) is 24.3 Å². The Hall–Kier alpha value is -0.150. The van der Waals surface area contributed by atoms with Crippen LogP contribution in [0.25, 0.3) is 0 Å². The number of alkyl halides is 1. The summed E-state index contributed by atoms with van der Waals surface area (Å²) in [6, 6.07) is 8.30. The van der Waals surface area contributed by atoms with Crippen LogP contribution < -0.4 is 4.74 Å². The van der Waals surface area contributed by atoms with Gasteiger partial charge in [-0.05, 0) is 43.4 Å². The zero-order valence-electron chi connectivity index (χ0n) is 9.75. The smallest absolute Gasteiger partial charge is 0.119 e. The van der Waals surface area contributed by atoms with E-state index in [-0.39, 0.29) is 0 Å². The van der Waals surface area contributed by atoms with Crippen molar-refractivity contribution in [3.63, 3.8) is 0 Å². The van der Waals surface area contributed by atoms with Gasteiger partial charge in [0.05, 0.1) is 6.61 Å². The first-order valence-corrected chi connectivity index (χ1v) is 8.04. The molecular formula is C13H19BrOS. The first-order valence-electron chi connectivity index (χ1n) is 5.69. The quantitative estimate of drug-likeness (QED) is 0.389. The Labute approximate surface area is 111 Å². The van der Waals surface area contributed by atoms with Crippen LogP contribution in [0.5, 0.6) is 5.75 Å². The predicted molar refractivity (Wildman–Crippen MR) is 76.0 cm³/mol. The molecule has 1 rings (SSSR count). The standard InChI is InChI=1S/C13H19BrOS/c1-16-13-8-6-12(7-9-13)15-11-5-3-2-4-10-14/h6-9H,2-5,10-11H2,1H3. The fourth-order valence-electron chi connectivity index (χ4n) is 1.41. The maximum atomic E-state index is 5.66. The van der Waals surface area contributed by atoms with Gasteiger partial charge in [-0.1, -0.05) is 28.8 Å². The first-order chi connectivity index (χ1) is 7.86. The lowest BCUT2D eigenvalue weighted by atomic mass is 10.2. The van der Waals surface area contributed by atoms with Crippen LogP contribution in [0.15, 0.2) is 29.2 Å². The maximum absolute atomic E-state index is 5.66. The molecule has 0 radical (unpaired) electrons. The second kappa shape index (κ2) is 8.94. The van der Waals surface area contributed by atoms with Gasteiger partial charge in [-0.3, -0.25) is 0 Å². The minimum absolute atomic E-state index is 0.834. The number of hydrogen-bond donors (Lipinski definition) is 0. The highest BCUT2D eigenvalue weighted by molar-refractivity contribution is 9.09. The third kappa shape index (κ3) is 5.80. The van der Waals surface area contributed by atoms with Crippen LogP contribution in [-0.2, 0) is 0 Å². The molecule has 0 N–H and O–H groups in total. The Morgan fingerprint density at radius 3 is 2.38 bits per heavy atom. The first kappa shape index (κ1) is 13.9. The van der Waals surface area contributed by atoms with Crippen molar-refractivity contribution in [1.29, 1.82) is 0 Å². The Kier molecular flexibility index (Phi) is 7.77. The highest BCUT2D eigenvalue weighted by atomic mass is 79.9. The van der Waals surface area contributed by atoms with Gasteiger partial charge in [-0.2, -0.15) is 0 Å². The van der Waals surface area contributed by atoms with Crippen molar-refractivity contribution in [2.75, 3.05) is 18.2 Å². The van der Waals surface area contributed by atoms with E-state index in [1.54, 1.807) is 11.8 Å². The van der Waals surface area contributed by atoms with Crippen molar-refractivity contribution in [2.45, 2.75) is 30.6 Å². The molecule has 1 aromatic rings. The van der Waals surface area contributed by atoms with Gasteiger partial charge < -0.3 is 4.74 Å². The molecule has 0 heterocycles. The van der Waals surface area contributed by atoms with Crippen LogP contribution in [0.1, 0.15) is 25.7 Å². The minimum atomic E-state index is 0.834. The molecule has 1 nitrogen and oxygen atoms in total. The molecule has 0 aliphatic heterocycles. The minimum Gasteiger partial charge on any atom is -0.494 e. The van der Waals surface area contributed by atoms with Crippen LogP contribution in [0.4, 0.5) is 0 Å². The van der Waals surface area contributed by atoms with Gasteiger partial charge in [-0.15, -0.1) is 11.8 Å². The van der Waals surface area contributed by atoms with E-state index in [2.05, 4.69) is 34.3 Å². The van der Waals surface area contributed by atoms with Crippen molar-refractivity contribution < 1.29 is 4.74 Å². The van der Waals surface area contributed by atoms with Gasteiger partial charge >= 0.3 is 0 Å². The molecule has 0 atom stereocenters. The molecular weight excluding hydrogens is 284 g/mol. The molecule has 0 amide bonds. The Morgan fingerprint density at radius 2 is 1.75 bits per heavy atom. The number of benzene rings is 1. The Balaban J connectivity index is 2.12. The summed E-state index contributed by atoms with van der Waals surface area (Å²) in [5.41, 5.74) is 0. The molecule has 90 valence electrons. The second-order valence-corrected chi connectivity index (χ2v) is 5.30. The van der Waals surface area contributed by atoms with Gasteiger partial charge in [0.1, 0.15) is 5.75 Å². The summed E-state index contributed by atoms with van der Waals surface area (Å²) < 4.78 is 5.66. The lowest BCUT2D eigenvalue weighted by molar-refractivity contribution is 0.305. The van der Waals surface area contributed by atoms with E-state index in [4.69, 9.17) is 4.74 Å². The number of halogens is 1. The molecule has 0 unspecified atom stereocenters. The largest absolute Gasteiger partial charge is 0.494 e. The van der Waals surface area contributed by atoms with Gasteiger partial charge in [0.2, 0.25) is 0 Å². The third-order valence-corrected chi connectivity index (χ3v) is 3.66. The van der Waals surface area contributed by atoms with E-state index in [0.29, 0.717) is 0 Å². The summed E-state index contributed by atoms with van der Waals surface area (Å²) in [7, 11) is 0. The SMILES string of the molecule is CSc1ccc(OCCCCCCBr)cc1. The average molecular weight is 303 g/mol. The molecule has 0 aliphatic rings. The van der Waals surface area contributed by atoms with Crippen molar-refractivity contribution in [2.24, 2.45) is 0 Å². The van der Waals surface area contributed by atoms with E-state index in [1.165, 1.54) is 24.2 Å². The van der Waals surface area contributed by atoms with Crippen LogP contribution in [-0.4, -0.2) is 18.2 Å². The summed E-state index contributed by atoms with van der Waals surface area (Å²) in [5.74, 6) is 0.985. The molecule has 1 aromatic carbocycles. The van der Waals surface area contributed by atoms with E-state index >= 15 is 0 Å². The zero-order chi connectivity index (χ0) is 11.6. The molecule has 0 bridgehead atoms. The highest BCUT2D eigenvalue weighted by Gasteiger charge is 1.94. The van der Waals surface area contributed by atoms with Gasteiger partial charge in [0, 0.05) is 10.2 Å². The number of rotatable bonds is 8. The average Bonchev–Trinajstić information content (AvgIpc) is 2.34. The fraction of sp³-hybridized carbons (Fsp3) is 0.538. The number of hydrogen-bond acceptors (Lipinski definition) is 2. The Bertz CT molecular complexity index is 274. The second-order valence-electron chi connectivity index (χ2n) is 3.63. The van der Waals surface area contributed by atoms with Crippen molar-refractivity contribution in [3.8, 4) is 5.75 Å². The number of ether oxygens (including phenoxy) is 1. The van der Waals surface area contributed by atoms with E-state index < -0.39 is 0 Å². The van der Waals surface area contributed by atoms with Gasteiger partial charge in [-0.25, -0.2) is 0 Å². The number of unbranched alkanes of at least 4 members (excludes halogenated alkanes) is 3. The maximum Gasteiger partial charge on any atom is 0.119 e. The third-order valence-electron chi connectivity index (χ3n) is 2.36. The lowest BCUT2D eigenvalue weighted by Crippen LogP contribution is -1.97. The van der Waals surface area contributed by atoms with Crippen LogP contribution in [0.2, 0.25) is 0 Å². The summed E-state index contributed by atoms with van der Waals surface area (Å²) in [6.45, 7) is 0.834. The summed E-state index contributed by atoms with van der Waals surface area (Å²) in [5, 5.41) is 1.12. The van der Waals surface area contributed by atoms with Crippen LogP contribution in [0, 0.1) is 0 Å². The lowest BCUT2D eigenvalue weighted by Gasteiger charge is -2.06. The predicted octanol–water partition coefficient (Wildman–Crippen LogP) is 4.74. The van der Waals surface area contributed by atoms with Gasteiger partial charge in [0.25, 0.3) is 0 Å². The van der Waals surface area contributed by atoms with E-state index in [9.17, 15) is 0 Å². The van der Waals surface area contributed by atoms with Crippen molar-refractivity contribution in [1.82, 2.24) is 0 Å². The van der Waals surface area contributed by atoms with Crippen LogP contribution >= 0.6 is 27.7 Å². The molecule has 0 saturated carbocycles. The van der Waals surface area contributed by atoms with E-state index in [1.807, 2.05) is 12.1 Å². The molecule has 0 aliphatic carbocycles. The molecule has 0 fully saturated rings. The normalized spacial score (nSPS) is 10.4. The summed E-state index contributed by atoms with van der Waals surface area (Å²) in [4.78, 5) is 1.28. The fourth-order valence-corrected chi connectivity index (χ4v) is 2.22. The monoisotopic (exact) mass is 302 g/mol. The molecule has 3 heteroatoms. The van der Waals surface area contributed by atoms with Gasteiger partial charge in [0.15, 0.2) is 0 Å². The summed E-state index contributed by atoms with van der Waals surface area (Å²) >= 11 is 5.19. The molecule has 0 aromatic heterocycles. The molecule has 16 heavy (non-hydrogen) atoms. The number of thioether (sulfide) groups is 1. The van der Waals surface area contributed by atoms with Crippen LogP contribution in [0.3, 0.4) is 0 Å². The molecule has 0 spiro atoms. The van der Waals surface area contributed by atoms with Crippen molar-refractivity contribution >= 4 is 27.7 Å². The topological polar surface area (TPSA) is 9.23 Å². The van der Waals surface area contributed by atoms with E-state index in [0.717, 1.165) is 24.1 Å². The summed E-state index contributed by atoms with van der Waals surface area (Å²) in [6.07, 6.45) is 7.05.